The number of methoxy groups -OCH3 is 1. The van der Waals surface area contributed by atoms with Gasteiger partial charge in [0.2, 0.25) is 0 Å². The number of benzene rings is 2. The minimum atomic E-state index is -0.697. The van der Waals surface area contributed by atoms with Gasteiger partial charge in [0.05, 0.1) is 19.0 Å². The molecule has 0 spiro atoms. The van der Waals surface area contributed by atoms with Crippen LogP contribution in [0.4, 0.5) is 0 Å². The topological polar surface area (TPSA) is 96.4 Å². The van der Waals surface area contributed by atoms with Crippen molar-refractivity contribution in [3.05, 3.63) is 76.0 Å². The number of carbonyl (C=O) groups excluding carboxylic acids is 2. The van der Waals surface area contributed by atoms with E-state index in [-0.39, 0.29) is 18.2 Å². The maximum Gasteiger partial charge on any atom is 0.311 e. The van der Waals surface area contributed by atoms with Crippen LogP contribution in [-0.4, -0.2) is 33.7 Å². The summed E-state index contributed by atoms with van der Waals surface area (Å²) < 4.78 is 17.5. The number of rotatable bonds is 6. The summed E-state index contributed by atoms with van der Waals surface area (Å²) in [6.45, 7) is 5.15. The van der Waals surface area contributed by atoms with Crippen LogP contribution < -0.4 is 4.74 Å². The molecule has 0 aliphatic heterocycles. The number of ether oxygens (including phenoxy) is 2. The normalized spacial score (nSPS) is 12.0. The molecule has 0 N–H and O–H groups in total. The van der Waals surface area contributed by atoms with Gasteiger partial charge in [0, 0.05) is 21.7 Å². The highest BCUT2D eigenvalue weighted by Crippen LogP contribution is 2.31. The molecule has 4 aromatic rings. The number of hydrogen-bond acceptors (Lipinski definition) is 7. The van der Waals surface area contributed by atoms with Gasteiger partial charge in [0.25, 0.3) is 11.8 Å². The Morgan fingerprint density at radius 3 is 2.52 bits per heavy atom. The average Bonchev–Trinajstić information content (AvgIpc) is 3.35. The quantitative estimate of drug-likeness (QED) is 0.374. The van der Waals surface area contributed by atoms with E-state index >= 15 is 0 Å². The van der Waals surface area contributed by atoms with Crippen LogP contribution in [0.2, 0.25) is 5.02 Å². The highest BCUT2D eigenvalue weighted by Gasteiger charge is 2.24. The Bertz CT molecular complexity index is 1340. The third-order valence-electron chi connectivity index (χ3n) is 5.36. The predicted molar refractivity (Wildman–Crippen MR) is 122 cm³/mol. The molecule has 2 aromatic heterocycles. The Morgan fingerprint density at radius 2 is 1.88 bits per heavy atom. The fourth-order valence-corrected chi connectivity index (χ4v) is 3.83. The monoisotopic (exact) mass is 467 g/mol. The fourth-order valence-electron chi connectivity index (χ4n) is 3.71. The summed E-state index contributed by atoms with van der Waals surface area (Å²) in [4.78, 5) is 30.2. The molecule has 0 radical (unpaired) electrons. The summed E-state index contributed by atoms with van der Waals surface area (Å²) in [6.07, 6.45) is -0.744. The lowest BCUT2D eigenvalue weighted by atomic mass is 10.1. The van der Waals surface area contributed by atoms with Crippen LogP contribution in [0.25, 0.3) is 10.9 Å². The Balaban J connectivity index is 1.71. The van der Waals surface area contributed by atoms with Gasteiger partial charge in [-0.2, -0.15) is 4.98 Å². The Hall–Kier alpha value is -3.65. The molecule has 4 rings (SSSR count). The smallest absolute Gasteiger partial charge is 0.311 e. The summed E-state index contributed by atoms with van der Waals surface area (Å²) in [7, 11) is 1.56. The van der Waals surface area contributed by atoms with Gasteiger partial charge in [-0.3, -0.25) is 14.2 Å². The summed E-state index contributed by atoms with van der Waals surface area (Å²) >= 11 is 5.97. The second-order valence-corrected chi connectivity index (χ2v) is 8.02. The highest BCUT2D eigenvalue weighted by molar-refractivity contribution is 6.30. The molecule has 0 amide bonds. The second kappa shape index (κ2) is 9.07. The van der Waals surface area contributed by atoms with Gasteiger partial charge in [0.1, 0.15) is 5.75 Å². The minimum absolute atomic E-state index is 0.0478. The van der Waals surface area contributed by atoms with E-state index in [2.05, 4.69) is 10.1 Å². The van der Waals surface area contributed by atoms with E-state index in [0.29, 0.717) is 38.9 Å². The van der Waals surface area contributed by atoms with E-state index in [1.807, 2.05) is 0 Å². The van der Waals surface area contributed by atoms with Gasteiger partial charge in [0.15, 0.2) is 11.9 Å². The summed E-state index contributed by atoms with van der Waals surface area (Å²) in [5.41, 5.74) is 2.45. The fraction of sp³-hybridized carbons (Fsp3) is 0.250. The number of esters is 1. The summed E-state index contributed by atoms with van der Waals surface area (Å²) in [5.74, 6) is 0.582. The van der Waals surface area contributed by atoms with Crippen molar-refractivity contribution in [1.29, 1.82) is 0 Å². The van der Waals surface area contributed by atoms with Crippen LogP contribution in [0, 0.1) is 13.8 Å². The molecule has 170 valence electrons. The molecule has 0 saturated carbocycles. The van der Waals surface area contributed by atoms with E-state index in [4.69, 9.17) is 25.6 Å². The van der Waals surface area contributed by atoms with Crippen LogP contribution in [0.3, 0.4) is 0 Å². The molecule has 0 fully saturated rings. The third-order valence-corrected chi connectivity index (χ3v) is 5.61. The molecule has 1 atom stereocenters. The number of nitrogens with zero attached hydrogens (tertiary/aromatic N) is 3. The zero-order valence-corrected chi connectivity index (χ0v) is 19.3. The number of aryl methyl sites for hydroxylation is 1. The van der Waals surface area contributed by atoms with E-state index in [1.54, 1.807) is 74.9 Å². The van der Waals surface area contributed by atoms with Gasteiger partial charge >= 0.3 is 5.97 Å². The van der Waals surface area contributed by atoms with Crippen molar-refractivity contribution in [1.82, 2.24) is 14.7 Å². The zero-order valence-electron chi connectivity index (χ0n) is 18.6. The molecule has 0 bridgehead atoms. The maximum absolute atomic E-state index is 13.4. The molecule has 2 aromatic carbocycles. The highest BCUT2D eigenvalue weighted by atomic mass is 35.5. The largest absolute Gasteiger partial charge is 0.497 e. The van der Waals surface area contributed by atoms with Gasteiger partial charge in [-0.15, -0.1) is 0 Å². The SMILES string of the molecule is COc1ccc2c(c1)c(CC(=O)OC(C)c1nc(C)no1)c(C)n2C(=O)c1ccc(Cl)cc1. The molecule has 9 heteroatoms. The summed E-state index contributed by atoms with van der Waals surface area (Å²) in [6, 6.07) is 12.0. The molecule has 0 saturated heterocycles. The number of hydrogen-bond donors (Lipinski definition) is 0. The van der Waals surface area contributed by atoms with Crippen LogP contribution in [-0.2, 0) is 16.0 Å². The summed E-state index contributed by atoms with van der Waals surface area (Å²) in [5, 5.41) is 4.99. The molecule has 0 aliphatic carbocycles. The maximum atomic E-state index is 13.4. The standard InChI is InChI=1S/C24H22ClN3O5/c1-13-19(12-22(29)32-14(2)23-26-15(3)27-33-23)20-11-18(31-4)9-10-21(20)28(13)24(30)16-5-7-17(25)8-6-16/h5-11,14H,12H2,1-4H3. The Morgan fingerprint density at radius 1 is 1.15 bits per heavy atom. The van der Waals surface area contributed by atoms with Crippen LogP contribution in [0.1, 0.15) is 46.4 Å². The number of halogens is 1. The second-order valence-electron chi connectivity index (χ2n) is 7.58. The van der Waals surface area contributed by atoms with Gasteiger partial charge < -0.3 is 14.0 Å². The van der Waals surface area contributed by atoms with E-state index < -0.39 is 12.1 Å². The molecule has 2 heterocycles. The lowest BCUT2D eigenvalue weighted by Gasteiger charge is -2.10. The first-order valence-corrected chi connectivity index (χ1v) is 10.6. The van der Waals surface area contributed by atoms with Crippen molar-refractivity contribution in [3.8, 4) is 5.75 Å². The number of aromatic nitrogens is 3. The van der Waals surface area contributed by atoms with Crippen molar-refractivity contribution >= 4 is 34.4 Å². The third kappa shape index (κ3) is 4.47. The molecule has 1 unspecified atom stereocenters. The van der Waals surface area contributed by atoms with Crippen molar-refractivity contribution in [3.63, 3.8) is 0 Å². The molecule has 0 aliphatic rings. The van der Waals surface area contributed by atoms with Crippen molar-refractivity contribution in [2.24, 2.45) is 0 Å². The minimum Gasteiger partial charge on any atom is -0.497 e. The van der Waals surface area contributed by atoms with Crippen molar-refractivity contribution in [2.75, 3.05) is 7.11 Å². The Kier molecular flexibility index (Phi) is 6.20. The lowest BCUT2D eigenvalue weighted by Crippen LogP contribution is -2.15. The van der Waals surface area contributed by atoms with Gasteiger partial charge in [-0.25, -0.2) is 0 Å². The molecular weight excluding hydrogens is 446 g/mol. The van der Waals surface area contributed by atoms with Crippen molar-refractivity contribution in [2.45, 2.75) is 33.3 Å². The van der Waals surface area contributed by atoms with Crippen molar-refractivity contribution < 1.29 is 23.6 Å². The number of fused-ring (bicyclic) bond motifs is 1. The van der Waals surface area contributed by atoms with Gasteiger partial charge in [-0.05, 0) is 68.8 Å². The lowest BCUT2D eigenvalue weighted by molar-refractivity contribution is -0.148. The molecule has 33 heavy (non-hydrogen) atoms. The van der Waals surface area contributed by atoms with E-state index in [1.165, 1.54) is 0 Å². The number of carbonyl (C=O) groups is 2. The van der Waals surface area contributed by atoms with Crippen LogP contribution in [0.15, 0.2) is 47.0 Å². The zero-order chi connectivity index (χ0) is 23.7. The van der Waals surface area contributed by atoms with E-state index in [0.717, 1.165) is 5.39 Å². The first kappa shape index (κ1) is 22.5. The van der Waals surface area contributed by atoms with E-state index in [9.17, 15) is 9.59 Å². The van der Waals surface area contributed by atoms with Gasteiger partial charge in [-0.1, -0.05) is 16.8 Å². The van der Waals surface area contributed by atoms with Crippen LogP contribution in [0.5, 0.6) is 5.75 Å². The first-order chi connectivity index (χ1) is 15.8. The average molecular weight is 468 g/mol. The van der Waals surface area contributed by atoms with Crippen LogP contribution >= 0.6 is 11.6 Å². The Labute approximate surface area is 195 Å². The predicted octanol–water partition coefficient (Wildman–Crippen LogP) is 4.84. The first-order valence-electron chi connectivity index (χ1n) is 10.3. The molecular formula is C24H22ClN3O5. The molecule has 8 nitrogen and oxygen atoms in total.